The van der Waals surface area contributed by atoms with Gasteiger partial charge in [0, 0.05) is 19.8 Å². The third-order valence-electron chi connectivity index (χ3n) is 3.83. The Morgan fingerprint density at radius 3 is 3.00 bits per heavy atom. The molecule has 0 radical (unpaired) electrons. The van der Waals surface area contributed by atoms with Crippen LogP contribution >= 0.6 is 0 Å². The van der Waals surface area contributed by atoms with E-state index in [9.17, 15) is 9.18 Å². The first-order valence-corrected chi connectivity index (χ1v) is 7.46. The van der Waals surface area contributed by atoms with Gasteiger partial charge in [0.1, 0.15) is 18.2 Å². The summed E-state index contributed by atoms with van der Waals surface area (Å²) in [6.45, 7) is 2.34. The number of hydrogen-bond acceptors (Lipinski definition) is 6. The van der Waals surface area contributed by atoms with Gasteiger partial charge in [0.15, 0.2) is 12.1 Å². The van der Waals surface area contributed by atoms with Crippen molar-refractivity contribution in [3.63, 3.8) is 0 Å². The topological polar surface area (TPSA) is 79.1 Å². The molecule has 2 aromatic rings. The van der Waals surface area contributed by atoms with E-state index in [1.165, 1.54) is 12.1 Å². The van der Waals surface area contributed by atoms with Crippen molar-refractivity contribution in [2.45, 2.75) is 26.0 Å². The number of hydrogen-bond donors (Lipinski definition) is 0. The van der Waals surface area contributed by atoms with Crippen molar-refractivity contribution in [1.82, 2.24) is 20.2 Å². The average Bonchev–Trinajstić information content (AvgIpc) is 3.01. The lowest BCUT2D eigenvalue weighted by atomic mass is 10.0. The zero-order valence-corrected chi connectivity index (χ0v) is 12.5. The van der Waals surface area contributed by atoms with Crippen LogP contribution in [0.25, 0.3) is 0 Å². The van der Waals surface area contributed by atoms with Crippen molar-refractivity contribution in [1.29, 1.82) is 0 Å². The summed E-state index contributed by atoms with van der Waals surface area (Å²) in [4.78, 5) is 11.0. The van der Waals surface area contributed by atoms with E-state index in [1.807, 2.05) is 0 Å². The zero-order valence-electron chi connectivity index (χ0n) is 12.5. The van der Waals surface area contributed by atoms with E-state index in [2.05, 4.69) is 15.5 Å². The van der Waals surface area contributed by atoms with Crippen LogP contribution in [0, 0.1) is 11.7 Å². The Morgan fingerprint density at radius 1 is 1.39 bits per heavy atom. The number of carbonyl (C=O) groups is 1. The predicted octanol–water partition coefficient (Wildman–Crippen LogP) is 1.63. The number of nitrogens with zero attached hydrogens (tertiary/aromatic N) is 4. The summed E-state index contributed by atoms with van der Waals surface area (Å²) in [7, 11) is 0. The summed E-state index contributed by atoms with van der Waals surface area (Å²) in [6, 6.07) is 3.80. The predicted molar refractivity (Wildman–Crippen MR) is 77.5 cm³/mol. The molecule has 1 aliphatic heterocycles. The molecular weight excluding hydrogens is 303 g/mol. The third-order valence-corrected chi connectivity index (χ3v) is 3.83. The van der Waals surface area contributed by atoms with Gasteiger partial charge in [-0.15, -0.1) is 5.10 Å². The summed E-state index contributed by atoms with van der Waals surface area (Å²) in [5.41, 5.74) is 0.161. The van der Waals surface area contributed by atoms with Gasteiger partial charge in [-0.2, -0.15) is 0 Å². The van der Waals surface area contributed by atoms with Crippen LogP contribution < -0.4 is 4.74 Å². The Morgan fingerprint density at radius 2 is 2.22 bits per heavy atom. The molecule has 1 aromatic carbocycles. The summed E-state index contributed by atoms with van der Waals surface area (Å²) in [6.07, 6.45) is 2.52. The van der Waals surface area contributed by atoms with Crippen LogP contribution in [0.5, 0.6) is 5.75 Å². The van der Waals surface area contributed by atoms with Crippen molar-refractivity contribution in [2.75, 3.05) is 13.2 Å². The molecule has 1 saturated heterocycles. The normalized spacial score (nSPS) is 15.5. The molecule has 0 aliphatic carbocycles. The molecule has 2 heterocycles. The van der Waals surface area contributed by atoms with Crippen LogP contribution in [0.2, 0.25) is 0 Å². The molecule has 1 aliphatic rings. The minimum absolute atomic E-state index is 0.114. The van der Waals surface area contributed by atoms with E-state index in [0.717, 1.165) is 32.1 Å². The molecule has 0 atom stereocenters. The molecule has 23 heavy (non-hydrogen) atoms. The number of benzene rings is 1. The summed E-state index contributed by atoms with van der Waals surface area (Å²) in [5, 5.41) is 11.6. The number of aldehydes is 1. The number of rotatable bonds is 6. The van der Waals surface area contributed by atoms with Crippen LogP contribution in [0.1, 0.15) is 29.0 Å². The molecule has 122 valence electrons. The van der Waals surface area contributed by atoms with Gasteiger partial charge >= 0.3 is 0 Å². The second-order valence-corrected chi connectivity index (χ2v) is 5.42. The summed E-state index contributed by atoms with van der Waals surface area (Å²) < 4.78 is 25.7. The third kappa shape index (κ3) is 3.89. The van der Waals surface area contributed by atoms with Crippen LogP contribution in [0.4, 0.5) is 4.39 Å². The Labute approximate surface area is 132 Å². The average molecular weight is 320 g/mol. The molecule has 0 bridgehead atoms. The largest absolute Gasteiger partial charge is 0.485 e. The molecule has 0 amide bonds. The summed E-state index contributed by atoms with van der Waals surface area (Å²) in [5.74, 6) is 0.867. The highest BCUT2D eigenvalue weighted by molar-refractivity contribution is 5.79. The minimum Gasteiger partial charge on any atom is -0.485 e. The lowest BCUT2D eigenvalue weighted by Crippen LogP contribution is -2.22. The first kappa shape index (κ1) is 15.5. The second-order valence-electron chi connectivity index (χ2n) is 5.42. The smallest absolute Gasteiger partial charge is 0.189 e. The maximum Gasteiger partial charge on any atom is 0.189 e. The standard InChI is InChI=1S/C15H17FN4O3/c16-13-1-2-14(12(7-13)9-21)23-10-15-17-18-19-20(15)8-11-3-5-22-6-4-11/h1-2,7,9,11H,3-6,8,10H2. The zero-order chi connectivity index (χ0) is 16.1. The lowest BCUT2D eigenvalue weighted by Gasteiger charge is -2.21. The fourth-order valence-electron chi connectivity index (χ4n) is 2.53. The van der Waals surface area contributed by atoms with E-state index in [4.69, 9.17) is 9.47 Å². The van der Waals surface area contributed by atoms with E-state index in [0.29, 0.717) is 30.3 Å². The van der Waals surface area contributed by atoms with E-state index < -0.39 is 5.82 Å². The van der Waals surface area contributed by atoms with Crippen molar-refractivity contribution >= 4 is 6.29 Å². The quantitative estimate of drug-likeness (QED) is 0.753. The fourth-order valence-corrected chi connectivity index (χ4v) is 2.53. The maximum atomic E-state index is 13.1. The molecule has 8 heteroatoms. The second kappa shape index (κ2) is 7.28. The minimum atomic E-state index is -0.483. The van der Waals surface area contributed by atoms with Crippen molar-refractivity contribution in [2.24, 2.45) is 5.92 Å². The van der Waals surface area contributed by atoms with Gasteiger partial charge in [-0.1, -0.05) is 0 Å². The molecule has 0 N–H and O–H groups in total. The Hall–Kier alpha value is -2.35. The molecule has 7 nitrogen and oxygen atoms in total. The first-order valence-electron chi connectivity index (χ1n) is 7.46. The molecular formula is C15H17FN4O3. The number of aromatic nitrogens is 4. The van der Waals surface area contributed by atoms with Crippen molar-refractivity contribution < 1.29 is 18.7 Å². The Balaban J connectivity index is 1.65. The van der Waals surface area contributed by atoms with Crippen LogP contribution in [-0.4, -0.2) is 39.7 Å². The van der Waals surface area contributed by atoms with Gasteiger partial charge in [-0.25, -0.2) is 9.07 Å². The highest BCUT2D eigenvalue weighted by Gasteiger charge is 2.17. The van der Waals surface area contributed by atoms with E-state index in [-0.39, 0.29) is 12.2 Å². The molecule has 0 saturated carbocycles. The van der Waals surface area contributed by atoms with Crippen LogP contribution in [0.3, 0.4) is 0 Å². The molecule has 0 unspecified atom stereocenters. The highest BCUT2D eigenvalue weighted by Crippen LogP contribution is 2.20. The van der Waals surface area contributed by atoms with Gasteiger partial charge in [0.05, 0.1) is 5.56 Å². The number of halogens is 1. The molecule has 0 spiro atoms. The number of tetrazole rings is 1. The van der Waals surface area contributed by atoms with Crippen LogP contribution in [0.15, 0.2) is 18.2 Å². The van der Waals surface area contributed by atoms with Gasteiger partial charge in [-0.3, -0.25) is 4.79 Å². The number of ether oxygens (including phenoxy) is 2. The SMILES string of the molecule is O=Cc1cc(F)ccc1OCc1nnnn1CC1CCOCC1. The van der Waals surface area contributed by atoms with Gasteiger partial charge < -0.3 is 9.47 Å². The van der Waals surface area contributed by atoms with Gasteiger partial charge in [0.25, 0.3) is 0 Å². The monoisotopic (exact) mass is 320 g/mol. The lowest BCUT2D eigenvalue weighted by molar-refractivity contribution is 0.0593. The number of carbonyl (C=O) groups excluding carboxylic acids is 1. The highest BCUT2D eigenvalue weighted by atomic mass is 19.1. The van der Waals surface area contributed by atoms with Crippen molar-refractivity contribution in [3.8, 4) is 5.75 Å². The van der Waals surface area contributed by atoms with Gasteiger partial charge in [-0.05, 0) is 47.4 Å². The van der Waals surface area contributed by atoms with E-state index in [1.54, 1.807) is 4.68 Å². The van der Waals surface area contributed by atoms with Crippen molar-refractivity contribution in [3.05, 3.63) is 35.4 Å². The first-order chi connectivity index (χ1) is 11.3. The molecule has 1 aromatic heterocycles. The van der Waals surface area contributed by atoms with Gasteiger partial charge in [0.2, 0.25) is 0 Å². The van der Waals surface area contributed by atoms with Crippen LogP contribution in [-0.2, 0) is 17.9 Å². The Kier molecular flexibility index (Phi) is 4.92. The van der Waals surface area contributed by atoms with E-state index >= 15 is 0 Å². The fraction of sp³-hybridized carbons (Fsp3) is 0.467. The summed E-state index contributed by atoms with van der Waals surface area (Å²) >= 11 is 0. The molecule has 3 rings (SSSR count). The maximum absolute atomic E-state index is 13.1. The molecule has 1 fully saturated rings. The Bertz CT molecular complexity index is 670.